The van der Waals surface area contributed by atoms with Gasteiger partial charge in [-0.15, -0.1) is 11.6 Å². The second-order valence-corrected chi connectivity index (χ2v) is 4.42. The first kappa shape index (κ1) is 12.3. The highest BCUT2D eigenvalue weighted by Gasteiger charge is 2.17. The maximum atomic E-state index is 6.31. The van der Waals surface area contributed by atoms with Gasteiger partial charge in [0.2, 0.25) is 0 Å². The molecule has 0 aliphatic carbocycles. The van der Waals surface area contributed by atoms with Crippen molar-refractivity contribution in [1.82, 2.24) is 4.90 Å². The highest BCUT2D eigenvalue weighted by molar-refractivity contribution is 6.20. The summed E-state index contributed by atoms with van der Waals surface area (Å²) in [6.07, 6.45) is 0. The van der Waals surface area contributed by atoms with Gasteiger partial charge < -0.3 is 4.74 Å². The number of nitrogens with zero attached hydrogens (tertiary/aromatic N) is 1. The van der Waals surface area contributed by atoms with Crippen LogP contribution in [-0.2, 0) is 0 Å². The molecule has 0 spiro atoms. The molecule has 1 aromatic rings. The Morgan fingerprint density at radius 2 is 1.87 bits per heavy atom. The van der Waals surface area contributed by atoms with E-state index in [1.165, 1.54) is 5.56 Å². The number of benzene rings is 1. The molecule has 1 atom stereocenters. The van der Waals surface area contributed by atoms with E-state index < -0.39 is 0 Å². The van der Waals surface area contributed by atoms with E-state index in [-0.39, 0.29) is 5.50 Å². The molecule has 0 fully saturated rings. The van der Waals surface area contributed by atoms with E-state index in [0.29, 0.717) is 0 Å². The molecule has 0 aliphatic heterocycles. The van der Waals surface area contributed by atoms with Crippen molar-refractivity contribution >= 4 is 11.6 Å². The van der Waals surface area contributed by atoms with E-state index >= 15 is 0 Å². The molecule has 0 aliphatic rings. The number of methoxy groups -OCH3 is 1. The molecule has 0 radical (unpaired) electrons. The van der Waals surface area contributed by atoms with Crippen LogP contribution in [0.25, 0.3) is 0 Å². The summed E-state index contributed by atoms with van der Waals surface area (Å²) in [7, 11) is 5.59. The second kappa shape index (κ2) is 4.86. The molecule has 1 aromatic carbocycles. The second-order valence-electron chi connectivity index (χ2n) is 4.00. The molecule has 0 bridgehead atoms. The molecular weight excluding hydrogens is 210 g/mol. The lowest BCUT2D eigenvalue weighted by atomic mass is 10.1. The first-order valence-electron chi connectivity index (χ1n) is 4.93. The molecule has 15 heavy (non-hydrogen) atoms. The zero-order chi connectivity index (χ0) is 11.6. The zero-order valence-electron chi connectivity index (χ0n) is 9.97. The Bertz CT molecular complexity index is 350. The van der Waals surface area contributed by atoms with Crippen LogP contribution in [0.4, 0.5) is 0 Å². The van der Waals surface area contributed by atoms with Crippen LogP contribution in [0.3, 0.4) is 0 Å². The van der Waals surface area contributed by atoms with Crippen LogP contribution in [0.5, 0.6) is 5.75 Å². The monoisotopic (exact) mass is 227 g/mol. The lowest BCUT2D eigenvalue weighted by Crippen LogP contribution is -2.16. The highest BCUT2D eigenvalue weighted by Crippen LogP contribution is 2.34. The van der Waals surface area contributed by atoms with Gasteiger partial charge in [-0.3, -0.25) is 4.90 Å². The fourth-order valence-electron chi connectivity index (χ4n) is 1.72. The molecule has 0 amide bonds. The third-order valence-electron chi connectivity index (χ3n) is 2.36. The Kier molecular flexibility index (Phi) is 4.00. The summed E-state index contributed by atoms with van der Waals surface area (Å²) < 4.78 is 5.39. The minimum absolute atomic E-state index is 0.154. The maximum Gasteiger partial charge on any atom is 0.127 e. The van der Waals surface area contributed by atoms with Crippen molar-refractivity contribution in [2.75, 3.05) is 21.2 Å². The van der Waals surface area contributed by atoms with Crippen LogP contribution in [0.2, 0.25) is 0 Å². The van der Waals surface area contributed by atoms with E-state index in [1.807, 2.05) is 25.9 Å². The highest BCUT2D eigenvalue weighted by atomic mass is 35.5. The smallest absolute Gasteiger partial charge is 0.127 e. The van der Waals surface area contributed by atoms with Gasteiger partial charge in [-0.2, -0.15) is 0 Å². The van der Waals surface area contributed by atoms with E-state index in [2.05, 4.69) is 19.1 Å². The van der Waals surface area contributed by atoms with Gasteiger partial charge >= 0.3 is 0 Å². The number of hydrogen-bond acceptors (Lipinski definition) is 2. The van der Waals surface area contributed by atoms with Crippen molar-refractivity contribution in [3.8, 4) is 5.75 Å². The molecule has 0 N–H and O–H groups in total. The number of hydrogen-bond donors (Lipinski definition) is 0. The summed E-state index contributed by atoms with van der Waals surface area (Å²) >= 11 is 6.31. The molecule has 1 rings (SSSR count). The summed E-state index contributed by atoms with van der Waals surface area (Å²) in [5.74, 6) is 0.884. The van der Waals surface area contributed by atoms with Crippen molar-refractivity contribution in [2.45, 2.75) is 19.3 Å². The molecule has 0 heterocycles. The number of halogens is 1. The number of aryl methyl sites for hydroxylation is 2. The van der Waals surface area contributed by atoms with E-state index in [4.69, 9.17) is 16.3 Å². The van der Waals surface area contributed by atoms with Crippen LogP contribution < -0.4 is 4.74 Å². The molecule has 1 unspecified atom stereocenters. The maximum absolute atomic E-state index is 6.31. The Labute approximate surface area is 96.8 Å². The summed E-state index contributed by atoms with van der Waals surface area (Å²) in [6, 6.07) is 4.17. The van der Waals surface area contributed by atoms with Crippen molar-refractivity contribution in [2.24, 2.45) is 0 Å². The molecule has 0 aromatic heterocycles. The van der Waals surface area contributed by atoms with Crippen molar-refractivity contribution < 1.29 is 4.74 Å². The topological polar surface area (TPSA) is 12.5 Å². The normalized spacial score (nSPS) is 13.0. The average Bonchev–Trinajstić information content (AvgIpc) is 2.15. The number of ether oxygens (including phenoxy) is 1. The number of rotatable bonds is 3. The van der Waals surface area contributed by atoms with Crippen LogP contribution in [0, 0.1) is 13.8 Å². The van der Waals surface area contributed by atoms with E-state index in [9.17, 15) is 0 Å². The van der Waals surface area contributed by atoms with Gasteiger partial charge in [0, 0.05) is 5.56 Å². The van der Waals surface area contributed by atoms with Gasteiger partial charge in [0.1, 0.15) is 11.3 Å². The third-order valence-corrected chi connectivity index (χ3v) is 2.99. The van der Waals surface area contributed by atoms with Crippen LogP contribution >= 0.6 is 11.6 Å². The Morgan fingerprint density at radius 3 is 2.33 bits per heavy atom. The van der Waals surface area contributed by atoms with Gasteiger partial charge in [0.05, 0.1) is 7.11 Å². The molecule has 84 valence electrons. The molecule has 2 nitrogen and oxygen atoms in total. The van der Waals surface area contributed by atoms with E-state index in [0.717, 1.165) is 16.9 Å². The Hall–Kier alpha value is -0.730. The van der Waals surface area contributed by atoms with Crippen LogP contribution in [-0.4, -0.2) is 26.1 Å². The minimum atomic E-state index is -0.154. The fourth-order valence-corrected chi connectivity index (χ4v) is 1.88. The molecule has 0 saturated carbocycles. The third kappa shape index (κ3) is 2.64. The summed E-state index contributed by atoms with van der Waals surface area (Å²) in [4.78, 5) is 1.96. The fraction of sp³-hybridized carbons (Fsp3) is 0.500. The van der Waals surface area contributed by atoms with Crippen LogP contribution in [0.1, 0.15) is 22.2 Å². The number of alkyl halides is 1. The van der Waals surface area contributed by atoms with Gasteiger partial charge in [-0.25, -0.2) is 0 Å². The van der Waals surface area contributed by atoms with Gasteiger partial charge in [-0.05, 0) is 39.6 Å². The van der Waals surface area contributed by atoms with Gasteiger partial charge in [-0.1, -0.05) is 11.6 Å². The largest absolute Gasteiger partial charge is 0.496 e. The standard InChI is InChI=1S/C12H18ClNO/c1-8-6-9(2)11(15-5)10(7-8)12(13)14(3)4/h6-7,12H,1-5H3. The SMILES string of the molecule is COc1c(C)cc(C)cc1C(Cl)N(C)C. The van der Waals surface area contributed by atoms with Crippen molar-refractivity contribution in [3.63, 3.8) is 0 Å². The summed E-state index contributed by atoms with van der Waals surface area (Å²) in [5, 5.41) is 0. The molecular formula is C12H18ClNO. The predicted molar refractivity (Wildman–Crippen MR) is 64.7 cm³/mol. The average molecular weight is 228 g/mol. The Balaban J connectivity index is 3.26. The minimum Gasteiger partial charge on any atom is -0.496 e. The van der Waals surface area contributed by atoms with Gasteiger partial charge in [0.15, 0.2) is 0 Å². The lowest BCUT2D eigenvalue weighted by Gasteiger charge is -2.22. The zero-order valence-corrected chi connectivity index (χ0v) is 10.7. The predicted octanol–water partition coefficient (Wildman–Crippen LogP) is 3.11. The summed E-state index contributed by atoms with van der Waals surface area (Å²) in [5.41, 5.74) is 3.20. The molecule has 0 saturated heterocycles. The van der Waals surface area contributed by atoms with E-state index in [1.54, 1.807) is 7.11 Å². The first-order valence-corrected chi connectivity index (χ1v) is 5.36. The summed E-state index contributed by atoms with van der Waals surface area (Å²) in [6.45, 7) is 4.10. The van der Waals surface area contributed by atoms with Crippen molar-refractivity contribution in [1.29, 1.82) is 0 Å². The van der Waals surface area contributed by atoms with Crippen molar-refractivity contribution in [3.05, 3.63) is 28.8 Å². The Morgan fingerprint density at radius 1 is 1.27 bits per heavy atom. The first-order chi connectivity index (χ1) is 6.97. The van der Waals surface area contributed by atoms with Crippen LogP contribution in [0.15, 0.2) is 12.1 Å². The quantitative estimate of drug-likeness (QED) is 0.581. The molecule has 3 heteroatoms. The van der Waals surface area contributed by atoms with Gasteiger partial charge in [0.25, 0.3) is 0 Å². The lowest BCUT2D eigenvalue weighted by molar-refractivity contribution is 0.358.